The minimum absolute atomic E-state index is 0.125. The van der Waals surface area contributed by atoms with Gasteiger partial charge in [0.2, 0.25) is 0 Å². The van der Waals surface area contributed by atoms with Crippen molar-refractivity contribution in [2.24, 2.45) is 5.92 Å². The molecule has 0 spiro atoms. The summed E-state index contributed by atoms with van der Waals surface area (Å²) in [6.07, 6.45) is 4.50. The first kappa shape index (κ1) is 13.3. The van der Waals surface area contributed by atoms with Crippen molar-refractivity contribution in [2.75, 3.05) is 13.4 Å². The van der Waals surface area contributed by atoms with E-state index in [4.69, 9.17) is 9.84 Å². The molecule has 1 atom stereocenters. The molecule has 1 saturated carbocycles. The molecule has 1 unspecified atom stereocenters. The Morgan fingerprint density at radius 3 is 2.78 bits per heavy atom. The van der Waals surface area contributed by atoms with Gasteiger partial charge >= 0.3 is 5.97 Å². The van der Waals surface area contributed by atoms with Gasteiger partial charge < -0.3 is 9.84 Å². The fourth-order valence-electron chi connectivity index (χ4n) is 2.42. The van der Waals surface area contributed by atoms with Crippen molar-refractivity contribution in [1.82, 2.24) is 0 Å². The number of carboxylic acids is 1. The SMILES string of the molecule is COc1cccc(C(CC(=O)O)C2CC2)c1SC. The van der Waals surface area contributed by atoms with Crippen LogP contribution in [-0.2, 0) is 4.79 Å². The third-order valence-electron chi connectivity index (χ3n) is 3.42. The molecule has 1 aliphatic carbocycles. The molecule has 0 amide bonds. The Balaban J connectivity index is 2.36. The van der Waals surface area contributed by atoms with Crippen molar-refractivity contribution < 1.29 is 14.6 Å². The molecular formula is C14H18O3S. The highest BCUT2D eigenvalue weighted by Crippen LogP contribution is 2.48. The Labute approximate surface area is 112 Å². The molecule has 18 heavy (non-hydrogen) atoms. The summed E-state index contributed by atoms with van der Waals surface area (Å²) in [4.78, 5) is 12.1. The van der Waals surface area contributed by atoms with Crippen LogP contribution in [0.1, 0.15) is 30.7 Å². The second-order valence-corrected chi connectivity index (χ2v) is 5.44. The lowest BCUT2D eigenvalue weighted by molar-refractivity contribution is -0.137. The van der Waals surface area contributed by atoms with Gasteiger partial charge in [-0.2, -0.15) is 0 Å². The molecule has 0 heterocycles. The summed E-state index contributed by atoms with van der Waals surface area (Å²) in [6.45, 7) is 0. The van der Waals surface area contributed by atoms with Crippen LogP contribution >= 0.6 is 11.8 Å². The Morgan fingerprint density at radius 2 is 2.28 bits per heavy atom. The summed E-state index contributed by atoms with van der Waals surface area (Å²) in [5.41, 5.74) is 1.13. The van der Waals surface area contributed by atoms with E-state index in [-0.39, 0.29) is 12.3 Å². The zero-order valence-electron chi connectivity index (χ0n) is 10.7. The summed E-state index contributed by atoms with van der Waals surface area (Å²) in [5.74, 6) is 0.775. The molecular weight excluding hydrogens is 248 g/mol. The van der Waals surface area contributed by atoms with Gasteiger partial charge in [0.15, 0.2) is 0 Å². The average molecular weight is 266 g/mol. The normalized spacial score (nSPS) is 16.3. The van der Waals surface area contributed by atoms with Gasteiger partial charge in [-0.1, -0.05) is 12.1 Å². The molecule has 98 valence electrons. The van der Waals surface area contributed by atoms with Gasteiger partial charge in [0.25, 0.3) is 0 Å². The highest BCUT2D eigenvalue weighted by molar-refractivity contribution is 7.98. The number of ether oxygens (including phenoxy) is 1. The van der Waals surface area contributed by atoms with Gasteiger partial charge in [0.1, 0.15) is 5.75 Å². The van der Waals surface area contributed by atoms with E-state index in [2.05, 4.69) is 0 Å². The van der Waals surface area contributed by atoms with Gasteiger partial charge in [-0.15, -0.1) is 11.8 Å². The zero-order valence-corrected chi connectivity index (χ0v) is 11.5. The summed E-state index contributed by atoms with van der Waals surface area (Å²) < 4.78 is 5.36. The van der Waals surface area contributed by atoms with E-state index in [9.17, 15) is 4.79 Å². The summed E-state index contributed by atoms with van der Waals surface area (Å²) >= 11 is 1.63. The molecule has 0 saturated heterocycles. The van der Waals surface area contributed by atoms with Gasteiger partial charge in [0, 0.05) is 0 Å². The molecule has 0 radical (unpaired) electrons. The van der Waals surface area contributed by atoms with E-state index in [1.807, 2.05) is 24.5 Å². The smallest absolute Gasteiger partial charge is 0.303 e. The van der Waals surface area contributed by atoms with Crippen LogP contribution in [0.5, 0.6) is 5.75 Å². The number of hydrogen-bond acceptors (Lipinski definition) is 3. The van der Waals surface area contributed by atoms with E-state index in [1.54, 1.807) is 18.9 Å². The molecule has 0 aliphatic heterocycles. The third kappa shape index (κ3) is 2.80. The zero-order chi connectivity index (χ0) is 13.1. The summed E-state index contributed by atoms with van der Waals surface area (Å²) in [5, 5.41) is 9.07. The van der Waals surface area contributed by atoms with Crippen LogP contribution in [0.15, 0.2) is 23.1 Å². The van der Waals surface area contributed by atoms with Crippen LogP contribution in [0.25, 0.3) is 0 Å². The second-order valence-electron chi connectivity index (χ2n) is 4.62. The van der Waals surface area contributed by atoms with Crippen LogP contribution in [-0.4, -0.2) is 24.4 Å². The maximum atomic E-state index is 11.0. The lowest BCUT2D eigenvalue weighted by atomic mass is 9.91. The molecule has 1 fully saturated rings. The van der Waals surface area contributed by atoms with E-state index in [0.717, 1.165) is 29.1 Å². The van der Waals surface area contributed by atoms with Crippen molar-refractivity contribution in [3.8, 4) is 5.75 Å². The monoisotopic (exact) mass is 266 g/mol. The van der Waals surface area contributed by atoms with E-state index < -0.39 is 5.97 Å². The Kier molecular flexibility index (Phi) is 4.17. The third-order valence-corrected chi connectivity index (χ3v) is 4.26. The minimum atomic E-state index is -0.721. The molecule has 0 bridgehead atoms. The predicted octanol–water partition coefficient (Wildman–Crippen LogP) is 3.39. The van der Waals surface area contributed by atoms with Gasteiger partial charge in [0.05, 0.1) is 18.4 Å². The number of thioether (sulfide) groups is 1. The number of aliphatic carboxylic acids is 1. The quantitative estimate of drug-likeness (QED) is 0.802. The standard InChI is InChI=1S/C14H18O3S/c1-17-12-5-3-4-10(14(12)18-2)11(8-13(15)16)9-6-7-9/h3-5,9,11H,6-8H2,1-2H3,(H,15,16). The maximum Gasteiger partial charge on any atom is 0.303 e. The van der Waals surface area contributed by atoms with E-state index in [0.29, 0.717) is 5.92 Å². The lowest BCUT2D eigenvalue weighted by Crippen LogP contribution is -2.09. The highest BCUT2D eigenvalue weighted by atomic mass is 32.2. The van der Waals surface area contributed by atoms with Crippen LogP contribution in [0.3, 0.4) is 0 Å². The van der Waals surface area contributed by atoms with Crippen molar-refractivity contribution in [2.45, 2.75) is 30.1 Å². The minimum Gasteiger partial charge on any atom is -0.496 e. The Hall–Kier alpha value is -1.16. The highest BCUT2D eigenvalue weighted by Gasteiger charge is 2.35. The first-order valence-electron chi connectivity index (χ1n) is 6.10. The molecule has 2 rings (SSSR count). The van der Waals surface area contributed by atoms with Crippen LogP contribution in [0, 0.1) is 5.92 Å². The fraction of sp³-hybridized carbons (Fsp3) is 0.500. The first-order chi connectivity index (χ1) is 8.67. The Bertz CT molecular complexity index is 441. The fourth-order valence-corrected chi connectivity index (χ4v) is 3.23. The van der Waals surface area contributed by atoms with Gasteiger partial charge in [-0.05, 0) is 42.6 Å². The van der Waals surface area contributed by atoms with E-state index in [1.165, 1.54) is 0 Å². The van der Waals surface area contributed by atoms with Crippen LogP contribution in [0.4, 0.5) is 0 Å². The molecule has 0 aromatic heterocycles. The van der Waals surface area contributed by atoms with Gasteiger partial charge in [-0.3, -0.25) is 4.79 Å². The Morgan fingerprint density at radius 1 is 1.56 bits per heavy atom. The first-order valence-corrected chi connectivity index (χ1v) is 7.32. The van der Waals surface area contributed by atoms with Crippen molar-refractivity contribution in [3.63, 3.8) is 0 Å². The van der Waals surface area contributed by atoms with Crippen molar-refractivity contribution in [3.05, 3.63) is 23.8 Å². The number of carbonyl (C=O) groups is 1. The largest absolute Gasteiger partial charge is 0.496 e. The molecule has 1 N–H and O–H groups in total. The average Bonchev–Trinajstić information content (AvgIpc) is 3.18. The molecule has 1 aliphatic rings. The second kappa shape index (κ2) is 5.65. The number of methoxy groups -OCH3 is 1. The number of rotatable bonds is 6. The molecule has 3 nitrogen and oxygen atoms in total. The number of benzene rings is 1. The van der Waals surface area contributed by atoms with Crippen LogP contribution in [0.2, 0.25) is 0 Å². The summed E-state index contributed by atoms with van der Waals surface area (Å²) in [7, 11) is 1.65. The number of hydrogen-bond donors (Lipinski definition) is 1. The maximum absolute atomic E-state index is 11.0. The predicted molar refractivity (Wildman–Crippen MR) is 72.5 cm³/mol. The van der Waals surface area contributed by atoms with Gasteiger partial charge in [-0.25, -0.2) is 0 Å². The molecule has 1 aromatic carbocycles. The van der Waals surface area contributed by atoms with E-state index >= 15 is 0 Å². The topological polar surface area (TPSA) is 46.5 Å². The van der Waals surface area contributed by atoms with Crippen molar-refractivity contribution >= 4 is 17.7 Å². The van der Waals surface area contributed by atoms with Crippen molar-refractivity contribution in [1.29, 1.82) is 0 Å². The lowest BCUT2D eigenvalue weighted by Gasteiger charge is -2.19. The number of carboxylic acid groups (broad SMARTS) is 1. The molecule has 4 heteroatoms. The molecule has 1 aromatic rings. The summed E-state index contributed by atoms with van der Waals surface area (Å²) in [6, 6.07) is 5.92. The van der Waals surface area contributed by atoms with Crippen LogP contribution < -0.4 is 4.74 Å².